The predicted octanol–water partition coefficient (Wildman–Crippen LogP) is 6.05. The van der Waals surface area contributed by atoms with Gasteiger partial charge in [0.05, 0.1) is 26.5 Å². The van der Waals surface area contributed by atoms with Gasteiger partial charge in [-0.15, -0.1) is 0 Å². The normalized spacial score (nSPS) is 19.7. The van der Waals surface area contributed by atoms with Crippen LogP contribution in [0, 0.1) is 0 Å². The zero-order valence-corrected chi connectivity index (χ0v) is 30.3. The first-order chi connectivity index (χ1) is 24.0. The molecule has 50 heavy (non-hydrogen) atoms. The van der Waals surface area contributed by atoms with Crippen LogP contribution in [-0.2, 0) is 26.5 Å². The molecule has 11 nitrogen and oxygen atoms in total. The number of nitrogens with zero attached hydrogens (tertiary/aromatic N) is 5. The number of piperidine rings is 2. The molecule has 0 radical (unpaired) electrons. The molecule has 3 heterocycles. The van der Waals surface area contributed by atoms with E-state index in [4.69, 9.17) is 4.99 Å². The second kappa shape index (κ2) is 15.0. The molecule has 6 rings (SSSR count). The Kier molecular flexibility index (Phi) is 10.7. The summed E-state index contributed by atoms with van der Waals surface area (Å²) in [6.45, 7) is 6.93. The number of hydrogen-bond acceptors (Lipinski definition) is 7. The van der Waals surface area contributed by atoms with E-state index in [1.165, 1.54) is 17.7 Å². The van der Waals surface area contributed by atoms with Gasteiger partial charge in [-0.2, -0.15) is 13.7 Å². The monoisotopic (exact) mass is 716 g/mol. The van der Waals surface area contributed by atoms with Gasteiger partial charge in [0.2, 0.25) is 20.0 Å². The van der Waals surface area contributed by atoms with Crippen LogP contribution < -0.4 is 10.7 Å². The SMILES string of the molecule is CCc1ccc(-n2ccc(=Nc3ccc(S(=O)(=O)N4CCCC[C@H]4C)cc3)c(C(=O)Nc3ccc(S(=O)(=O)N4CCCC[C@H]4C)cc3)n2)cc1. The molecule has 0 unspecified atom stereocenters. The van der Waals surface area contributed by atoms with E-state index >= 15 is 0 Å². The summed E-state index contributed by atoms with van der Waals surface area (Å²) in [6, 6.07) is 21.9. The number of anilines is 1. The highest BCUT2D eigenvalue weighted by Crippen LogP contribution is 2.28. The van der Waals surface area contributed by atoms with Crippen molar-refractivity contribution < 1.29 is 21.6 Å². The maximum Gasteiger partial charge on any atom is 0.278 e. The van der Waals surface area contributed by atoms with Gasteiger partial charge in [-0.25, -0.2) is 26.5 Å². The van der Waals surface area contributed by atoms with Crippen molar-refractivity contribution in [2.45, 2.75) is 87.6 Å². The molecule has 0 aliphatic carbocycles. The summed E-state index contributed by atoms with van der Waals surface area (Å²) in [5.74, 6) is -0.540. The molecule has 3 aromatic carbocycles. The number of sulfonamides is 2. The molecule has 2 aliphatic heterocycles. The summed E-state index contributed by atoms with van der Waals surface area (Å²) < 4.78 is 58.1. The Balaban J connectivity index is 1.30. The summed E-state index contributed by atoms with van der Waals surface area (Å²) in [7, 11) is -7.31. The zero-order valence-electron chi connectivity index (χ0n) is 28.7. The number of hydrogen-bond donors (Lipinski definition) is 1. The summed E-state index contributed by atoms with van der Waals surface area (Å²) in [5, 5.41) is 7.78. The minimum Gasteiger partial charge on any atom is -0.321 e. The second-order valence-electron chi connectivity index (χ2n) is 13.0. The van der Waals surface area contributed by atoms with Gasteiger partial charge in [-0.1, -0.05) is 31.9 Å². The van der Waals surface area contributed by atoms with Crippen molar-refractivity contribution in [1.29, 1.82) is 0 Å². The molecule has 2 aliphatic rings. The van der Waals surface area contributed by atoms with Crippen molar-refractivity contribution in [2.24, 2.45) is 4.99 Å². The van der Waals surface area contributed by atoms with Crippen LogP contribution in [-0.4, -0.2) is 66.3 Å². The van der Waals surface area contributed by atoms with E-state index < -0.39 is 26.0 Å². The van der Waals surface area contributed by atoms with E-state index in [0.29, 0.717) is 24.5 Å². The van der Waals surface area contributed by atoms with E-state index in [1.54, 1.807) is 62.0 Å². The van der Waals surface area contributed by atoms with E-state index in [1.807, 2.05) is 38.1 Å². The third-order valence-corrected chi connectivity index (χ3v) is 13.6. The predicted molar refractivity (Wildman–Crippen MR) is 193 cm³/mol. The Hall–Kier alpha value is -4.17. The van der Waals surface area contributed by atoms with Crippen LogP contribution in [0.15, 0.2) is 99.8 Å². The Morgan fingerprint density at radius 1 is 0.760 bits per heavy atom. The van der Waals surface area contributed by atoms with Gasteiger partial charge in [0.25, 0.3) is 5.91 Å². The standard InChI is InChI=1S/C37H44N6O5S2/c1-4-29-11-17-32(18-12-29)41-26-23-35(38-30-13-19-33(20-14-30)49(45,46)42-24-7-5-9-27(42)2)36(40-41)37(44)39-31-15-21-34(22-16-31)50(47,48)43-25-8-6-10-28(43)3/h11-23,26-28H,4-10,24-25H2,1-3H3,(H,39,44)/t27-,28-/m1/s1. The molecular weight excluding hydrogens is 673 g/mol. The highest BCUT2D eigenvalue weighted by atomic mass is 32.2. The Morgan fingerprint density at radius 2 is 1.30 bits per heavy atom. The second-order valence-corrected chi connectivity index (χ2v) is 16.8. The van der Waals surface area contributed by atoms with Gasteiger partial charge in [0.15, 0.2) is 5.69 Å². The third kappa shape index (κ3) is 7.60. The van der Waals surface area contributed by atoms with Crippen molar-refractivity contribution in [3.05, 3.63) is 102 Å². The van der Waals surface area contributed by atoms with Crippen LogP contribution in [0.4, 0.5) is 11.4 Å². The first-order valence-electron chi connectivity index (χ1n) is 17.3. The average molecular weight is 717 g/mol. The van der Waals surface area contributed by atoms with Gasteiger partial charge in [0, 0.05) is 37.1 Å². The fourth-order valence-electron chi connectivity index (χ4n) is 6.55. The first-order valence-corrected chi connectivity index (χ1v) is 20.1. The Morgan fingerprint density at radius 3 is 1.82 bits per heavy atom. The molecule has 2 saturated heterocycles. The van der Waals surface area contributed by atoms with Crippen molar-refractivity contribution in [3.8, 4) is 5.69 Å². The fraction of sp³-hybridized carbons (Fsp3) is 0.378. The summed E-state index contributed by atoms with van der Waals surface area (Å²) in [4.78, 5) is 18.9. The Bertz CT molecular complexity index is 2110. The summed E-state index contributed by atoms with van der Waals surface area (Å²) in [6.07, 6.45) is 7.96. The molecule has 13 heteroatoms. The molecule has 1 amide bonds. The third-order valence-electron chi connectivity index (χ3n) is 9.54. The molecule has 264 valence electrons. The maximum atomic E-state index is 13.8. The smallest absolute Gasteiger partial charge is 0.278 e. The fourth-order valence-corrected chi connectivity index (χ4v) is 9.95. The minimum absolute atomic E-state index is 0.0322. The van der Waals surface area contributed by atoms with Crippen molar-refractivity contribution >= 4 is 37.3 Å². The van der Waals surface area contributed by atoms with Gasteiger partial charge in [0.1, 0.15) is 0 Å². The summed E-state index contributed by atoms with van der Waals surface area (Å²) in [5.41, 5.74) is 2.81. The lowest BCUT2D eigenvalue weighted by molar-refractivity contribution is 0.101. The lowest BCUT2D eigenvalue weighted by Crippen LogP contribution is -2.41. The lowest BCUT2D eigenvalue weighted by Gasteiger charge is -2.32. The molecule has 1 N–H and O–H groups in total. The highest BCUT2D eigenvalue weighted by molar-refractivity contribution is 7.89. The van der Waals surface area contributed by atoms with Crippen LogP contribution in [0.1, 0.15) is 75.3 Å². The number of carbonyl (C=O) groups excluding carboxylic acids is 1. The van der Waals surface area contributed by atoms with Crippen LogP contribution in [0.2, 0.25) is 0 Å². The van der Waals surface area contributed by atoms with E-state index in [0.717, 1.165) is 50.6 Å². The van der Waals surface area contributed by atoms with Gasteiger partial charge in [-0.05, 0) is 118 Å². The van der Waals surface area contributed by atoms with Gasteiger partial charge >= 0.3 is 0 Å². The lowest BCUT2D eigenvalue weighted by atomic mass is 10.1. The topological polar surface area (TPSA) is 134 Å². The molecule has 4 aromatic rings. The number of nitrogens with one attached hydrogen (secondary N) is 1. The summed E-state index contributed by atoms with van der Waals surface area (Å²) >= 11 is 0. The van der Waals surface area contributed by atoms with E-state index in [-0.39, 0.29) is 32.9 Å². The minimum atomic E-state index is -3.66. The van der Waals surface area contributed by atoms with Gasteiger partial charge < -0.3 is 5.32 Å². The number of amides is 1. The highest BCUT2D eigenvalue weighted by Gasteiger charge is 2.32. The zero-order chi connectivity index (χ0) is 35.5. The first kappa shape index (κ1) is 35.6. The van der Waals surface area contributed by atoms with E-state index in [9.17, 15) is 21.6 Å². The number of aromatic nitrogens is 2. The number of benzene rings is 3. The molecule has 0 spiro atoms. The molecule has 0 saturated carbocycles. The van der Waals surface area contributed by atoms with Crippen molar-refractivity contribution in [1.82, 2.24) is 18.4 Å². The molecule has 0 bridgehead atoms. The largest absolute Gasteiger partial charge is 0.321 e. The molecule has 1 aromatic heterocycles. The van der Waals surface area contributed by atoms with Crippen LogP contribution in [0.5, 0.6) is 0 Å². The number of carbonyl (C=O) groups is 1. The van der Waals surface area contributed by atoms with Crippen LogP contribution in [0.3, 0.4) is 0 Å². The number of rotatable bonds is 9. The molecule has 2 fully saturated rings. The average Bonchev–Trinajstić information content (AvgIpc) is 3.12. The maximum absolute atomic E-state index is 13.8. The molecular formula is C37H44N6O5S2. The molecule has 2 atom stereocenters. The van der Waals surface area contributed by atoms with Gasteiger partial charge in [-0.3, -0.25) is 4.79 Å². The quantitative estimate of drug-likeness (QED) is 0.224. The number of aryl methyl sites for hydroxylation is 1. The van der Waals surface area contributed by atoms with Crippen molar-refractivity contribution in [2.75, 3.05) is 18.4 Å². The van der Waals surface area contributed by atoms with Crippen molar-refractivity contribution in [3.63, 3.8) is 0 Å². The van der Waals surface area contributed by atoms with Crippen LogP contribution in [0.25, 0.3) is 5.69 Å². The van der Waals surface area contributed by atoms with Crippen LogP contribution >= 0.6 is 0 Å². The van der Waals surface area contributed by atoms with E-state index in [2.05, 4.69) is 17.3 Å². The Labute approximate surface area is 294 Å².